The zero-order chi connectivity index (χ0) is 19.2. The van der Waals surface area contributed by atoms with Crippen LogP contribution in [0.2, 0.25) is 0 Å². The lowest BCUT2D eigenvalue weighted by Gasteiger charge is -2.10. The van der Waals surface area contributed by atoms with E-state index in [-0.39, 0.29) is 29.3 Å². The fourth-order valence-electron chi connectivity index (χ4n) is 2.19. The standard InChI is InChI=1S/C16H19N3O5S2/c17-25(21,22)15-9-5-4-6-13(15)12-18-16(20)10-11-19-26(23,24)14-7-2-1-3-8-14/h1-9,19H,10-12H2,(H,18,20)(H2,17,21,22). The average Bonchev–Trinajstić information content (AvgIpc) is 2.60. The molecule has 0 bridgehead atoms. The van der Waals surface area contributed by atoms with Crippen molar-refractivity contribution in [1.29, 1.82) is 0 Å². The molecule has 1 amide bonds. The predicted octanol–water partition coefficient (Wildman–Crippen LogP) is 0.319. The van der Waals surface area contributed by atoms with Gasteiger partial charge in [0.2, 0.25) is 26.0 Å². The normalized spacial score (nSPS) is 11.9. The Hall–Kier alpha value is -2.27. The van der Waals surface area contributed by atoms with E-state index in [1.54, 1.807) is 24.3 Å². The van der Waals surface area contributed by atoms with Crippen LogP contribution in [-0.4, -0.2) is 29.3 Å². The van der Waals surface area contributed by atoms with E-state index in [0.29, 0.717) is 5.56 Å². The molecule has 140 valence electrons. The molecule has 0 aliphatic carbocycles. The van der Waals surface area contributed by atoms with E-state index >= 15 is 0 Å². The Kier molecular flexibility index (Phi) is 6.48. The van der Waals surface area contributed by atoms with E-state index in [4.69, 9.17) is 5.14 Å². The molecule has 2 rings (SSSR count). The number of benzene rings is 2. The van der Waals surface area contributed by atoms with Crippen molar-refractivity contribution in [2.75, 3.05) is 6.54 Å². The topological polar surface area (TPSA) is 135 Å². The Morgan fingerprint density at radius 1 is 0.923 bits per heavy atom. The fourth-order valence-corrected chi connectivity index (χ4v) is 4.02. The summed E-state index contributed by atoms with van der Waals surface area (Å²) in [4.78, 5) is 11.9. The number of nitrogens with two attached hydrogens (primary N) is 1. The highest BCUT2D eigenvalue weighted by molar-refractivity contribution is 7.89. The monoisotopic (exact) mass is 397 g/mol. The summed E-state index contributed by atoms with van der Waals surface area (Å²) < 4.78 is 49.4. The lowest BCUT2D eigenvalue weighted by atomic mass is 10.2. The third-order valence-corrected chi connectivity index (χ3v) is 5.94. The Morgan fingerprint density at radius 2 is 1.54 bits per heavy atom. The molecular formula is C16H19N3O5S2. The van der Waals surface area contributed by atoms with Crippen LogP contribution in [0, 0.1) is 0 Å². The zero-order valence-corrected chi connectivity index (χ0v) is 15.4. The van der Waals surface area contributed by atoms with Crippen LogP contribution < -0.4 is 15.2 Å². The molecule has 26 heavy (non-hydrogen) atoms. The quantitative estimate of drug-likeness (QED) is 0.589. The lowest BCUT2D eigenvalue weighted by Crippen LogP contribution is -2.31. The first-order valence-corrected chi connectivity index (χ1v) is 10.7. The van der Waals surface area contributed by atoms with Crippen molar-refractivity contribution in [3.63, 3.8) is 0 Å². The second-order valence-corrected chi connectivity index (χ2v) is 8.69. The fraction of sp³-hybridized carbons (Fsp3) is 0.188. The van der Waals surface area contributed by atoms with Gasteiger partial charge < -0.3 is 5.32 Å². The van der Waals surface area contributed by atoms with Gasteiger partial charge in [0.15, 0.2) is 0 Å². The zero-order valence-electron chi connectivity index (χ0n) is 13.8. The Labute approximate surface area is 152 Å². The summed E-state index contributed by atoms with van der Waals surface area (Å²) in [5, 5.41) is 7.67. The van der Waals surface area contributed by atoms with Gasteiger partial charge in [-0.25, -0.2) is 26.7 Å². The van der Waals surface area contributed by atoms with Gasteiger partial charge in [-0.2, -0.15) is 0 Å². The highest BCUT2D eigenvalue weighted by Crippen LogP contribution is 2.13. The van der Waals surface area contributed by atoms with Crippen molar-refractivity contribution in [2.24, 2.45) is 5.14 Å². The van der Waals surface area contributed by atoms with E-state index in [1.165, 1.54) is 30.3 Å². The maximum atomic E-state index is 12.0. The molecule has 10 heteroatoms. The van der Waals surface area contributed by atoms with Crippen LogP contribution in [0.4, 0.5) is 0 Å². The van der Waals surface area contributed by atoms with Crippen molar-refractivity contribution in [1.82, 2.24) is 10.0 Å². The van der Waals surface area contributed by atoms with Crippen LogP contribution in [0.3, 0.4) is 0 Å². The lowest BCUT2D eigenvalue weighted by molar-refractivity contribution is -0.121. The molecule has 2 aromatic rings. The van der Waals surface area contributed by atoms with Crippen molar-refractivity contribution < 1.29 is 21.6 Å². The number of sulfonamides is 2. The van der Waals surface area contributed by atoms with Gasteiger partial charge in [0, 0.05) is 19.5 Å². The predicted molar refractivity (Wildman–Crippen MR) is 95.9 cm³/mol. The molecule has 0 atom stereocenters. The third kappa shape index (κ3) is 5.63. The summed E-state index contributed by atoms with van der Waals surface area (Å²) in [6.07, 6.45) is -0.0936. The van der Waals surface area contributed by atoms with Crippen molar-refractivity contribution in [2.45, 2.75) is 22.8 Å². The average molecular weight is 397 g/mol. The first-order valence-electron chi connectivity index (χ1n) is 7.62. The first-order chi connectivity index (χ1) is 12.2. The molecule has 4 N–H and O–H groups in total. The summed E-state index contributed by atoms with van der Waals surface area (Å²) >= 11 is 0. The number of amides is 1. The van der Waals surface area contributed by atoms with Gasteiger partial charge >= 0.3 is 0 Å². The molecule has 0 fully saturated rings. The highest BCUT2D eigenvalue weighted by Gasteiger charge is 2.15. The van der Waals surface area contributed by atoms with Crippen LogP contribution in [0.1, 0.15) is 12.0 Å². The van der Waals surface area contributed by atoms with E-state index in [1.807, 2.05) is 0 Å². The smallest absolute Gasteiger partial charge is 0.240 e. The SMILES string of the molecule is NS(=O)(=O)c1ccccc1CNC(=O)CCNS(=O)(=O)c1ccccc1. The van der Waals surface area contributed by atoms with Gasteiger partial charge in [0.1, 0.15) is 0 Å². The van der Waals surface area contributed by atoms with Gasteiger partial charge in [-0.05, 0) is 23.8 Å². The molecule has 0 saturated heterocycles. The summed E-state index contributed by atoms with van der Waals surface area (Å²) in [6, 6.07) is 13.9. The molecule has 0 aromatic heterocycles. The summed E-state index contributed by atoms with van der Waals surface area (Å²) in [6.45, 7) is -0.114. The van der Waals surface area contributed by atoms with Gasteiger partial charge in [-0.15, -0.1) is 0 Å². The van der Waals surface area contributed by atoms with Gasteiger partial charge in [-0.3, -0.25) is 4.79 Å². The maximum Gasteiger partial charge on any atom is 0.240 e. The second-order valence-electron chi connectivity index (χ2n) is 5.39. The third-order valence-electron chi connectivity index (χ3n) is 3.45. The molecule has 8 nitrogen and oxygen atoms in total. The first kappa shape index (κ1) is 20.0. The number of hydrogen-bond acceptors (Lipinski definition) is 5. The summed E-state index contributed by atoms with van der Waals surface area (Å²) in [5.41, 5.74) is 0.355. The number of carbonyl (C=O) groups excluding carboxylic acids is 1. The van der Waals surface area contributed by atoms with Crippen molar-refractivity contribution in [3.05, 3.63) is 60.2 Å². The molecule has 0 heterocycles. The number of rotatable bonds is 8. The molecule has 0 spiro atoms. The minimum atomic E-state index is -3.89. The van der Waals surface area contributed by atoms with Gasteiger partial charge in [0.05, 0.1) is 9.79 Å². The van der Waals surface area contributed by atoms with Crippen LogP contribution in [-0.2, 0) is 31.4 Å². The number of carbonyl (C=O) groups is 1. The van der Waals surface area contributed by atoms with Crippen LogP contribution in [0.15, 0.2) is 64.4 Å². The number of hydrogen-bond donors (Lipinski definition) is 3. The number of primary sulfonamides is 1. The molecule has 0 radical (unpaired) electrons. The van der Waals surface area contributed by atoms with E-state index in [2.05, 4.69) is 10.0 Å². The second kappa shape index (κ2) is 8.41. The van der Waals surface area contributed by atoms with Crippen molar-refractivity contribution >= 4 is 26.0 Å². The van der Waals surface area contributed by atoms with Crippen molar-refractivity contribution in [3.8, 4) is 0 Å². The molecule has 0 aliphatic heterocycles. The molecule has 0 unspecified atom stereocenters. The molecule has 0 saturated carbocycles. The van der Waals surface area contributed by atoms with E-state index in [0.717, 1.165) is 0 Å². The Balaban J connectivity index is 1.87. The van der Waals surface area contributed by atoms with Gasteiger partial charge in [-0.1, -0.05) is 36.4 Å². The summed E-state index contributed by atoms with van der Waals surface area (Å²) in [7, 11) is -7.57. The molecular weight excluding hydrogens is 378 g/mol. The highest BCUT2D eigenvalue weighted by atomic mass is 32.2. The minimum absolute atomic E-state index is 0.0309. The molecule has 2 aromatic carbocycles. The minimum Gasteiger partial charge on any atom is -0.352 e. The van der Waals surface area contributed by atoms with Gasteiger partial charge in [0.25, 0.3) is 0 Å². The number of nitrogens with one attached hydrogen (secondary N) is 2. The van der Waals surface area contributed by atoms with E-state index in [9.17, 15) is 21.6 Å². The van der Waals surface area contributed by atoms with Crippen LogP contribution in [0.5, 0.6) is 0 Å². The maximum absolute atomic E-state index is 12.0. The largest absolute Gasteiger partial charge is 0.352 e. The van der Waals surface area contributed by atoms with Crippen LogP contribution in [0.25, 0.3) is 0 Å². The Morgan fingerprint density at radius 3 is 2.19 bits per heavy atom. The molecule has 0 aliphatic rings. The van der Waals surface area contributed by atoms with E-state index < -0.39 is 26.0 Å². The summed E-state index contributed by atoms with van der Waals surface area (Å²) in [5.74, 6) is -0.426. The Bertz CT molecular complexity index is 974. The van der Waals surface area contributed by atoms with Crippen LogP contribution >= 0.6 is 0 Å².